The Morgan fingerprint density at radius 1 is 1.05 bits per heavy atom. The lowest BCUT2D eigenvalue weighted by molar-refractivity contribution is -0.138. The van der Waals surface area contributed by atoms with Crippen molar-refractivity contribution in [1.82, 2.24) is 4.57 Å². The molecule has 1 aromatic carbocycles. The van der Waals surface area contributed by atoms with Crippen LogP contribution in [0, 0.1) is 0 Å². The third-order valence-electron chi connectivity index (χ3n) is 3.27. The molecule has 2 aromatic rings. The number of benzene rings is 1. The smallest absolute Gasteiger partial charge is 0.417 e. The second-order valence-corrected chi connectivity index (χ2v) is 4.86. The van der Waals surface area contributed by atoms with E-state index in [-0.39, 0.29) is 6.54 Å². The number of halogens is 3. The monoisotopic (exact) mass is 311 g/mol. The minimum absolute atomic E-state index is 0.0272. The molecule has 0 bridgehead atoms. The Hall–Kier alpha value is -2.44. The topological polar surface area (TPSA) is 40.5 Å². The van der Waals surface area contributed by atoms with Crippen molar-refractivity contribution in [3.8, 4) is 11.5 Å². The van der Waals surface area contributed by atoms with Crippen molar-refractivity contribution in [1.29, 1.82) is 0 Å². The van der Waals surface area contributed by atoms with Crippen LogP contribution in [0.1, 0.15) is 11.1 Å². The standard InChI is InChI=1S/C15H12F3NO3/c16-15(17,18)11-2-4-14(20)19(9-11)8-10-1-3-12-13(7-10)22-6-5-21-12/h1-4,7,9H,5-6,8H2. The summed E-state index contributed by atoms with van der Waals surface area (Å²) in [4.78, 5) is 11.7. The van der Waals surface area contributed by atoms with E-state index in [1.165, 1.54) is 0 Å². The molecule has 1 aliphatic rings. The van der Waals surface area contributed by atoms with E-state index in [2.05, 4.69) is 0 Å². The van der Waals surface area contributed by atoms with Crippen LogP contribution >= 0.6 is 0 Å². The van der Waals surface area contributed by atoms with Gasteiger partial charge < -0.3 is 14.0 Å². The molecule has 0 unspecified atom stereocenters. The Bertz CT molecular complexity index is 752. The highest BCUT2D eigenvalue weighted by molar-refractivity contribution is 5.43. The number of alkyl halides is 3. The lowest BCUT2D eigenvalue weighted by Gasteiger charge is -2.19. The first-order valence-electron chi connectivity index (χ1n) is 6.60. The number of hydrogen-bond donors (Lipinski definition) is 0. The molecule has 7 heteroatoms. The van der Waals surface area contributed by atoms with E-state index in [9.17, 15) is 18.0 Å². The van der Waals surface area contributed by atoms with Crippen LogP contribution in [0.4, 0.5) is 13.2 Å². The normalized spacial score (nSPS) is 14.0. The van der Waals surface area contributed by atoms with E-state index < -0.39 is 17.3 Å². The van der Waals surface area contributed by atoms with Crippen molar-refractivity contribution in [3.05, 3.63) is 58.0 Å². The number of rotatable bonds is 2. The van der Waals surface area contributed by atoms with Gasteiger partial charge in [-0.2, -0.15) is 13.2 Å². The average molecular weight is 311 g/mol. The van der Waals surface area contributed by atoms with Crippen LogP contribution < -0.4 is 15.0 Å². The lowest BCUT2D eigenvalue weighted by atomic mass is 10.2. The molecule has 0 spiro atoms. The molecular weight excluding hydrogens is 299 g/mol. The van der Waals surface area contributed by atoms with Crippen molar-refractivity contribution in [3.63, 3.8) is 0 Å². The molecular formula is C15H12F3NO3. The minimum atomic E-state index is -4.48. The zero-order valence-electron chi connectivity index (χ0n) is 11.4. The molecule has 0 saturated carbocycles. The van der Waals surface area contributed by atoms with Crippen LogP contribution in [0.3, 0.4) is 0 Å². The highest BCUT2D eigenvalue weighted by Crippen LogP contribution is 2.31. The number of ether oxygens (including phenoxy) is 2. The van der Waals surface area contributed by atoms with Gasteiger partial charge in [-0.05, 0) is 23.8 Å². The van der Waals surface area contributed by atoms with Crippen LogP contribution in [0.15, 0.2) is 41.3 Å². The van der Waals surface area contributed by atoms with Crippen LogP contribution in [0.5, 0.6) is 11.5 Å². The minimum Gasteiger partial charge on any atom is -0.486 e. The summed E-state index contributed by atoms with van der Waals surface area (Å²) in [6.07, 6.45) is -3.67. The SMILES string of the molecule is O=c1ccc(C(F)(F)F)cn1Cc1ccc2c(c1)OCCO2. The van der Waals surface area contributed by atoms with E-state index in [0.29, 0.717) is 30.3 Å². The van der Waals surface area contributed by atoms with Crippen LogP contribution in [-0.2, 0) is 12.7 Å². The summed E-state index contributed by atoms with van der Waals surface area (Å²) >= 11 is 0. The van der Waals surface area contributed by atoms with E-state index >= 15 is 0 Å². The van der Waals surface area contributed by atoms with Crippen LogP contribution in [-0.4, -0.2) is 17.8 Å². The Morgan fingerprint density at radius 2 is 1.77 bits per heavy atom. The largest absolute Gasteiger partial charge is 0.486 e. The fourth-order valence-electron chi connectivity index (χ4n) is 2.21. The maximum absolute atomic E-state index is 12.7. The fourth-order valence-corrected chi connectivity index (χ4v) is 2.21. The third-order valence-corrected chi connectivity index (χ3v) is 3.27. The number of hydrogen-bond acceptors (Lipinski definition) is 3. The second-order valence-electron chi connectivity index (χ2n) is 4.86. The first kappa shape index (κ1) is 14.5. The van der Waals surface area contributed by atoms with Gasteiger partial charge in [0.25, 0.3) is 5.56 Å². The van der Waals surface area contributed by atoms with Gasteiger partial charge in [-0.25, -0.2) is 0 Å². The van der Waals surface area contributed by atoms with Gasteiger partial charge in [0.15, 0.2) is 11.5 Å². The molecule has 0 fully saturated rings. The summed E-state index contributed by atoms with van der Waals surface area (Å²) in [6, 6.07) is 6.74. The molecule has 0 saturated heterocycles. The van der Waals surface area contributed by atoms with Gasteiger partial charge >= 0.3 is 6.18 Å². The molecule has 1 aliphatic heterocycles. The predicted octanol–water partition coefficient (Wildman–Crippen LogP) is 2.69. The molecule has 3 rings (SSSR count). The summed E-state index contributed by atoms with van der Waals surface area (Å²) in [7, 11) is 0. The van der Waals surface area contributed by atoms with Crippen molar-refractivity contribution < 1.29 is 22.6 Å². The van der Waals surface area contributed by atoms with E-state index in [4.69, 9.17) is 9.47 Å². The van der Waals surface area contributed by atoms with E-state index in [0.717, 1.165) is 22.9 Å². The molecule has 22 heavy (non-hydrogen) atoms. The summed E-state index contributed by atoms with van der Waals surface area (Å²) in [6.45, 7) is 0.902. The van der Waals surface area contributed by atoms with Crippen molar-refractivity contribution in [2.45, 2.75) is 12.7 Å². The maximum atomic E-state index is 12.7. The van der Waals surface area contributed by atoms with Gasteiger partial charge in [0, 0.05) is 12.3 Å². The third kappa shape index (κ3) is 2.93. The van der Waals surface area contributed by atoms with E-state index in [1.807, 2.05) is 0 Å². The molecule has 0 aliphatic carbocycles. The number of aromatic nitrogens is 1. The van der Waals surface area contributed by atoms with Gasteiger partial charge in [-0.15, -0.1) is 0 Å². The molecule has 2 heterocycles. The zero-order chi connectivity index (χ0) is 15.7. The summed E-state index contributed by atoms with van der Waals surface area (Å²) < 4.78 is 49.9. The van der Waals surface area contributed by atoms with Gasteiger partial charge in [0.05, 0.1) is 12.1 Å². The van der Waals surface area contributed by atoms with Gasteiger partial charge in [-0.3, -0.25) is 4.79 Å². The van der Waals surface area contributed by atoms with Crippen molar-refractivity contribution >= 4 is 0 Å². The quantitative estimate of drug-likeness (QED) is 0.856. The maximum Gasteiger partial charge on any atom is 0.417 e. The summed E-state index contributed by atoms with van der Waals surface area (Å²) in [5, 5.41) is 0. The van der Waals surface area contributed by atoms with Crippen LogP contribution in [0.25, 0.3) is 0 Å². The molecule has 116 valence electrons. The lowest BCUT2D eigenvalue weighted by Crippen LogP contribution is -2.22. The Labute approximate surface area is 123 Å². The van der Waals surface area contributed by atoms with Crippen molar-refractivity contribution in [2.75, 3.05) is 13.2 Å². The molecule has 0 amide bonds. The molecule has 1 aromatic heterocycles. The Balaban J connectivity index is 1.91. The average Bonchev–Trinajstić information content (AvgIpc) is 2.48. The first-order chi connectivity index (χ1) is 10.4. The van der Waals surface area contributed by atoms with E-state index in [1.54, 1.807) is 18.2 Å². The first-order valence-corrected chi connectivity index (χ1v) is 6.60. The molecule has 0 N–H and O–H groups in total. The number of pyridine rings is 1. The van der Waals surface area contributed by atoms with Crippen molar-refractivity contribution in [2.24, 2.45) is 0 Å². The molecule has 4 nitrogen and oxygen atoms in total. The summed E-state index contributed by atoms with van der Waals surface area (Å²) in [5.74, 6) is 1.12. The van der Waals surface area contributed by atoms with Gasteiger partial charge in [0.2, 0.25) is 0 Å². The molecule has 0 radical (unpaired) electrons. The Morgan fingerprint density at radius 3 is 2.50 bits per heavy atom. The molecule has 0 atom stereocenters. The number of nitrogens with zero attached hydrogens (tertiary/aromatic N) is 1. The number of fused-ring (bicyclic) bond motifs is 1. The highest BCUT2D eigenvalue weighted by atomic mass is 19.4. The van der Waals surface area contributed by atoms with Gasteiger partial charge in [-0.1, -0.05) is 6.07 Å². The Kier molecular flexibility index (Phi) is 3.56. The second kappa shape index (κ2) is 5.40. The summed E-state index contributed by atoms with van der Waals surface area (Å²) in [5.41, 5.74) is -0.696. The highest BCUT2D eigenvalue weighted by Gasteiger charge is 2.31. The zero-order valence-corrected chi connectivity index (χ0v) is 11.4. The van der Waals surface area contributed by atoms with Crippen LogP contribution in [0.2, 0.25) is 0 Å². The van der Waals surface area contributed by atoms with Gasteiger partial charge in [0.1, 0.15) is 13.2 Å². The fraction of sp³-hybridized carbons (Fsp3) is 0.267. The predicted molar refractivity (Wildman–Crippen MR) is 72.2 cm³/mol.